The molecule has 9 nitrogen and oxygen atoms in total. The van der Waals surface area contributed by atoms with E-state index < -0.39 is 51.3 Å². The number of halogens is 3. The van der Waals surface area contributed by atoms with Crippen molar-refractivity contribution in [2.75, 3.05) is 26.7 Å². The van der Waals surface area contributed by atoms with Crippen LogP contribution in [0, 0.1) is 43.6 Å². The maximum Gasteiger partial charge on any atom is 0.318 e. The van der Waals surface area contributed by atoms with Gasteiger partial charge in [-0.2, -0.15) is 17.0 Å². The van der Waals surface area contributed by atoms with E-state index in [1.165, 1.54) is 7.05 Å². The Morgan fingerprint density at radius 2 is 1.92 bits per heavy atom. The molecule has 0 fully saturated rings. The van der Waals surface area contributed by atoms with E-state index >= 15 is 0 Å². The smallest absolute Gasteiger partial charge is 0.318 e. The number of aromatic nitrogens is 1. The van der Waals surface area contributed by atoms with Crippen molar-refractivity contribution >= 4 is 16.2 Å². The van der Waals surface area contributed by atoms with Gasteiger partial charge in [0, 0.05) is 25.6 Å². The highest BCUT2D eigenvalue weighted by molar-refractivity contribution is 7.86. The maximum atomic E-state index is 14.3. The summed E-state index contributed by atoms with van der Waals surface area (Å²) in [4.78, 5) is 15.5. The first-order valence-electron chi connectivity index (χ1n) is 11.5. The zero-order valence-corrected chi connectivity index (χ0v) is 22.2. The molecule has 0 saturated heterocycles. The van der Waals surface area contributed by atoms with Crippen LogP contribution in [0.3, 0.4) is 0 Å². The van der Waals surface area contributed by atoms with Gasteiger partial charge >= 0.3 is 5.97 Å². The third-order valence-corrected chi connectivity index (χ3v) is 7.55. The molecular weight excluding hydrogens is 539 g/mol. The van der Waals surface area contributed by atoms with Crippen LogP contribution in [0.25, 0.3) is 11.5 Å². The van der Waals surface area contributed by atoms with E-state index in [0.29, 0.717) is 22.8 Å². The monoisotopic (exact) mass is 565 g/mol. The second-order valence-corrected chi connectivity index (χ2v) is 10.6. The van der Waals surface area contributed by atoms with E-state index in [-0.39, 0.29) is 32.0 Å². The fourth-order valence-electron chi connectivity index (χ4n) is 3.60. The molecule has 0 spiro atoms. The summed E-state index contributed by atoms with van der Waals surface area (Å²) in [5.41, 5.74) is -0.0339. The zero-order valence-electron chi connectivity index (χ0n) is 21.4. The van der Waals surface area contributed by atoms with E-state index in [9.17, 15) is 31.5 Å². The topological polar surface area (TPSA) is 113 Å². The third kappa shape index (κ3) is 6.97. The molecule has 2 aromatic carbocycles. The van der Waals surface area contributed by atoms with E-state index in [2.05, 4.69) is 10.9 Å². The number of benzene rings is 2. The molecule has 13 heteroatoms. The van der Waals surface area contributed by atoms with Crippen LogP contribution in [0.5, 0.6) is 5.75 Å². The minimum Gasteiger partial charge on any atom is -0.493 e. The molecule has 0 amide bonds. The number of carbonyl (C=O) groups is 1. The van der Waals surface area contributed by atoms with Gasteiger partial charge in [0.05, 0.1) is 24.4 Å². The molecule has 0 bridgehead atoms. The molecule has 1 aromatic heterocycles. The minimum atomic E-state index is -4.15. The molecule has 39 heavy (non-hydrogen) atoms. The molecule has 0 unspecified atom stereocenters. The van der Waals surface area contributed by atoms with Gasteiger partial charge in [-0.3, -0.25) is 4.79 Å². The second kappa shape index (κ2) is 12.3. The molecular formula is C26H26F3N3O6S. The number of carboxylic acids is 1. The standard InChI is InChI=1S/C26H26F3N3O6S/c1-5-10-31(4)39(35,36)32(15-23(33)34)14-18-7-6-8-19(12-18)37-11-9-22-17(3)38-26(30-22)20-13-21(27)16(2)24(28)25(20)29/h1,6-8,12-13H,9-11,14-15H2,2-4H3,(H,33,34). The van der Waals surface area contributed by atoms with Gasteiger partial charge < -0.3 is 14.3 Å². The average Bonchev–Trinajstić information content (AvgIpc) is 3.24. The van der Waals surface area contributed by atoms with Crippen LogP contribution in [0.1, 0.15) is 22.6 Å². The van der Waals surface area contributed by atoms with Crippen LogP contribution in [-0.4, -0.2) is 59.8 Å². The third-order valence-electron chi connectivity index (χ3n) is 5.72. The van der Waals surface area contributed by atoms with Crippen molar-refractivity contribution in [3.05, 3.63) is 70.4 Å². The fraction of sp³-hybridized carbons (Fsp3) is 0.308. The Morgan fingerprint density at radius 1 is 1.21 bits per heavy atom. The highest BCUT2D eigenvalue weighted by Crippen LogP contribution is 2.29. The summed E-state index contributed by atoms with van der Waals surface area (Å²) in [5, 5.41) is 9.21. The number of ether oxygens (including phenoxy) is 1. The van der Waals surface area contributed by atoms with Gasteiger partial charge in [-0.15, -0.1) is 6.42 Å². The molecule has 3 aromatic rings. The molecule has 1 heterocycles. The number of hydrogen-bond donors (Lipinski definition) is 1. The van der Waals surface area contributed by atoms with Crippen LogP contribution in [0.4, 0.5) is 13.2 Å². The molecule has 208 valence electrons. The van der Waals surface area contributed by atoms with Gasteiger partial charge in [0.25, 0.3) is 10.2 Å². The largest absolute Gasteiger partial charge is 0.493 e. The predicted octanol–water partition coefficient (Wildman–Crippen LogP) is 3.69. The van der Waals surface area contributed by atoms with E-state index in [1.54, 1.807) is 31.2 Å². The van der Waals surface area contributed by atoms with Crippen molar-refractivity contribution in [2.45, 2.75) is 26.8 Å². The Balaban J connectivity index is 1.71. The lowest BCUT2D eigenvalue weighted by molar-refractivity contribution is -0.137. The molecule has 1 N–H and O–H groups in total. The van der Waals surface area contributed by atoms with Gasteiger partial charge in [0.15, 0.2) is 11.6 Å². The van der Waals surface area contributed by atoms with Crippen LogP contribution in [0.15, 0.2) is 34.7 Å². The van der Waals surface area contributed by atoms with Gasteiger partial charge in [-0.1, -0.05) is 18.1 Å². The Labute approximate surface area is 224 Å². The quantitative estimate of drug-likeness (QED) is 0.263. The van der Waals surface area contributed by atoms with Crippen LogP contribution in [-0.2, 0) is 28.0 Å². The Kier molecular flexibility index (Phi) is 9.39. The highest BCUT2D eigenvalue weighted by atomic mass is 32.2. The SMILES string of the molecule is C#CCN(C)S(=O)(=O)N(CC(=O)O)Cc1cccc(OCCc2nc(-c3cc(F)c(C)c(F)c3F)oc2C)c1. The van der Waals surface area contributed by atoms with E-state index in [4.69, 9.17) is 15.6 Å². The zero-order chi connectivity index (χ0) is 28.9. The number of rotatable bonds is 12. The first-order valence-corrected chi connectivity index (χ1v) is 12.9. The number of carboxylic acid groups (broad SMARTS) is 1. The summed E-state index contributed by atoms with van der Waals surface area (Å²) in [6, 6.07) is 7.23. The van der Waals surface area contributed by atoms with E-state index in [0.717, 1.165) is 21.6 Å². The molecule has 0 radical (unpaired) electrons. The normalized spacial score (nSPS) is 11.7. The summed E-state index contributed by atoms with van der Waals surface area (Å²) in [7, 11) is -2.90. The van der Waals surface area contributed by atoms with E-state index in [1.807, 2.05) is 0 Å². The second-order valence-electron chi connectivity index (χ2n) is 8.56. The summed E-state index contributed by atoms with van der Waals surface area (Å²) in [6.45, 7) is 1.52. The number of hydrogen-bond acceptors (Lipinski definition) is 6. The summed E-state index contributed by atoms with van der Waals surface area (Å²) in [5.74, 6) is -2.23. The molecule has 0 aliphatic rings. The summed E-state index contributed by atoms with van der Waals surface area (Å²) in [6.07, 6.45) is 5.39. The van der Waals surface area contributed by atoms with Gasteiger partial charge in [-0.25, -0.2) is 18.2 Å². The van der Waals surface area contributed by atoms with Crippen molar-refractivity contribution in [3.63, 3.8) is 0 Å². The Bertz CT molecular complexity index is 1520. The minimum absolute atomic E-state index is 0.0808. The summed E-state index contributed by atoms with van der Waals surface area (Å²) >= 11 is 0. The number of aliphatic carboxylic acids is 1. The van der Waals surface area contributed by atoms with Gasteiger partial charge in [0.1, 0.15) is 23.9 Å². The van der Waals surface area contributed by atoms with Crippen molar-refractivity contribution in [3.8, 4) is 29.5 Å². The average molecular weight is 566 g/mol. The Morgan fingerprint density at radius 3 is 2.59 bits per heavy atom. The lowest BCUT2D eigenvalue weighted by Crippen LogP contribution is -2.44. The maximum absolute atomic E-state index is 14.3. The van der Waals surface area contributed by atoms with Crippen molar-refractivity contribution in [2.24, 2.45) is 0 Å². The molecule has 0 atom stereocenters. The predicted molar refractivity (Wildman–Crippen MR) is 135 cm³/mol. The number of aryl methyl sites for hydroxylation is 1. The fourth-order valence-corrected chi connectivity index (χ4v) is 4.81. The van der Waals surface area contributed by atoms with Gasteiger partial charge in [0.2, 0.25) is 5.89 Å². The number of oxazole rings is 1. The molecule has 0 aliphatic carbocycles. The van der Waals surface area contributed by atoms with Crippen LogP contribution >= 0.6 is 0 Å². The lowest BCUT2D eigenvalue weighted by Gasteiger charge is -2.25. The molecule has 3 rings (SSSR count). The van der Waals surface area contributed by atoms with Crippen molar-refractivity contribution < 1.29 is 40.6 Å². The Hall–Kier alpha value is -3.86. The molecule has 0 aliphatic heterocycles. The molecule has 0 saturated carbocycles. The van der Waals surface area contributed by atoms with Crippen molar-refractivity contribution in [1.82, 2.24) is 13.6 Å². The lowest BCUT2D eigenvalue weighted by atomic mass is 10.1. The first-order chi connectivity index (χ1) is 18.3. The van der Waals surface area contributed by atoms with Gasteiger partial charge in [-0.05, 0) is 37.6 Å². The summed E-state index contributed by atoms with van der Waals surface area (Å²) < 4.78 is 80.6. The number of nitrogens with zero attached hydrogens (tertiary/aromatic N) is 3. The first kappa shape index (κ1) is 29.7. The highest BCUT2D eigenvalue weighted by Gasteiger charge is 2.29. The number of terminal acetylenes is 1. The van der Waals surface area contributed by atoms with Crippen molar-refractivity contribution in [1.29, 1.82) is 0 Å². The van der Waals surface area contributed by atoms with Crippen LogP contribution < -0.4 is 4.74 Å². The van der Waals surface area contributed by atoms with Crippen LogP contribution in [0.2, 0.25) is 0 Å².